The number of hydrogen-bond donors (Lipinski definition) is 1. The summed E-state index contributed by atoms with van der Waals surface area (Å²) in [7, 11) is 0. The molecule has 5 aromatic rings. The quantitative estimate of drug-likeness (QED) is 0.0796. The summed E-state index contributed by atoms with van der Waals surface area (Å²) in [4.78, 5) is 21.4. The molecule has 1 atom stereocenters. The van der Waals surface area contributed by atoms with Gasteiger partial charge in [0.2, 0.25) is 0 Å². The van der Waals surface area contributed by atoms with E-state index in [-0.39, 0.29) is 16.4 Å². The van der Waals surface area contributed by atoms with Crippen LogP contribution >= 0.6 is 0 Å². The van der Waals surface area contributed by atoms with Gasteiger partial charge in [0.15, 0.2) is 0 Å². The van der Waals surface area contributed by atoms with Crippen molar-refractivity contribution in [2.24, 2.45) is 10.9 Å². The molecule has 3 aliphatic rings. The number of aliphatic hydroxyl groups excluding tert-OH is 1. The summed E-state index contributed by atoms with van der Waals surface area (Å²) in [6.45, 7) is 15.8. The van der Waals surface area contributed by atoms with E-state index in [1.807, 2.05) is 31.2 Å². The zero-order valence-electron chi connectivity index (χ0n) is 34.0. The minimum atomic E-state index is -0.813. The van der Waals surface area contributed by atoms with Gasteiger partial charge in [-0.05, 0) is 88.9 Å². The van der Waals surface area contributed by atoms with E-state index in [2.05, 4.69) is 159 Å². The first-order chi connectivity index (χ1) is 27.8. The second-order valence-corrected chi connectivity index (χ2v) is 16.3. The standard InChI is InChI=1S/C35H38N4O3.C15H10.Ru/c1-21-8-10-28(11-9-21)36-20-29-31(40)13-12-30(39(41)42)32(29)35-37(33-24(4)16-22(2)17-25(33)5)14-15-38(35)34-26(6)18-23(3)19-27(34)7;1-2-6-12(7-3-1)15-11-10-13-8-4-5-9-14(13)15;/h8-13,16-20,29,40H,14-15H2,1-7H3;1-9,11H;. The Labute approximate surface area is 351 Å². The van der Waals surface area contributed by atoms with Crippen LogP contribution in [0.3, 0.4) is 0 Å². The van der Waals surface area contributed by atoms with Gasteiger partial charge in [-0.2, -0.15) is 0 Å². The molecule has 0 bridgehead atoms. The maximum atomic E-state index is 12.6. The molecule has 8 heteroatoms. The molecule has 0 spiro atoms. The molecule has 1 fully saturated rings. The molecule has 0 radical (unpaired) electrons. The van der Waals surface area contributed by atoms with Gasteiger partial charge in [-0.1, -0.05) is 53.1 Å². The number of hydrogen-bond acceptors (Lipinski definition) is 6. The normalized spacial score (nSPS) is 16.2. The minimum absolute atomic E-state index is 0.0143. The molecule has 1 unspecified atom stereocenters. The van der Waals surface area contributed by atoms with Crippen molar-refractivity contribution in [2.45, 2.75) is 48.5 Å². The fourth-order valence-electron chi connectivity index (χ4n) is 8.56. The second kappa shape index (κ2) is 16.9. The molecule has 58 heavy (non-hydrogen) atoms. The number of aliphatic hydroxyl groups is 1. The van der Waals surface area contributed by atoms with Crippen molar-refractivity contribution in [3.63, 3.8) is 0 Å². The van der Waals surface area contributed by atoms with E-state index in [4.69, 9.17) is 0 Å². The van der Waals surface area contributed by atoms with Gasteiger partial charge in [0.05, 0.1) is 22.1 Å². The number of benzene rings is 5. The van der Waals surface area contributed by atoms with Crippen molar-refractivity contribution in [1.82, 2.24) is 0 Å². The second-order valence-electron chi connectivity index (χ2n) is 15.3. The van der Waals surface area contributed by atoms with E-state index in [0.717, 1.165) is 50.3 Å². The number of nitrogens with zero attached hydrogens (tertiary/aromatic N) is 4. The molecule has 1 N–H and O–H groups in total. The third-order valence-electron chi connectivity index (χ3n) is 10.9. The fourth-order valence-corrected chi connectivity index (χ4v) is 9.19. The Morgan fingerprint density at radius 3 is 1.76 bits per heavy atom. The van der Waals surface area contributed by atoms with Crippen LogP contribution in [0.4, 0.5) is 17.1 Å². The van der Waals surface area contributed by atoms with E-state index < -0.39 is 5.92 Å². The van der Waals surface area contributed by atoms with Crippen molar-refractivity contribution >= 4 is 33.0 Å². The van der Waals surface area contributed by atoms with E-state index >= 15 is 0 Å². The van der Waals surface area contributed by atoms with Crippen LogP contribution in [0.5, 0.6) is 0 Å². The number of fused-ring (bicyclic) bond motifs is 1. The zero-order valence-corrected chi connectivity index (χ0v) is 35.8. The molecule has 1 aliphatic heterocycles. The Bertz CT molecular complexity index is 2490. The van der Waals surface area contributed by atoms with E-state index in [9.17, 15) is 15.2 Å². The molecule has 5 aromatic carbocycles. The number of rotatable bonds is 6. The summed E-state index contributed by atoms with van der Waals surface area (Å²) >= 11 is 2.71. The van der Waals surface area contributed by atoms with Crippen LogP contribution < -0.4 is 9.80 Å². The van der Waals surface area contributed by atoms with Crippen LogP contribution in [0.1, 0.15) is 55.6 Å². The maximum absolute atomic E-state index is 12.6. The number of anilines is 2. The number of nitro groups is 1. The van der Waals surface area contributed by atoms with Crippen LogP contribution in [0.2, 0.25) is 0 Å². The van der Waals surface area contributed by atoms with E-state index in [0.29, 0.717) is 30.2 Å². The van der Waals surface area contributed by atoms with Gasteiger partial charge >= 0.3 is 105 Å². The SMILES string of the molecule is Cc1ccc(N=CC2C(O)=CC=C([N+](=O)[O-])C2=C2N(c3c(C)cc(C)cc3C)CCN2c2c(C)cc(C)cc2C)cc1.[Ru]=[C]1C=C(c2ccccc2)c2ccccc21. The molecule has 0 aromatic heterocycles. The van der Waals surface area contributed by atoms with Crippen LogP contribution in [0.15, 0.2) is 149 Å². The van der Waals surface area contributed by atoms with E-state index in [1.165, 1.54) is 38.5 Å². The molecule has 8 rings (SSSR count). The predicted octanol–water partition coefficient (Wildman–Crippen LogP) is 11.2. The van der Waals surface area contributed by atoms with Crippen molar-refractivity contribution in [3.05, 3.63) is 210 Å². The first-order valence-electron chi connectivity index (χ1n) is 19.5. The average Bonchev–Trinajstić information content (AvgIpc) is 3.75. The van der Waals surface area contributed by atoms with Gasteiger partial charge in [0, 0.05) is 36.8 Å². The van der Waals surface area contributed by atoms with Crippen molar-refractivity contribution < 1.29 is 27.9 Å². The molecular formula is C50H48N4O3Ru. The summed E-state index contributed by atoms with van der Waals surface area (Å²) in [6, 6.07) is 35.4. The van der Waals surface area contributed by atoms with Crippen LogP contribution in [0.25, 0.3) is 5.57 Å². The first kappa shape index (κ1) is 40.2. The average molecular weight is 854 g/mol. The predicted molar refractivity (Wildman–Crippen MR) is 236 cm³/mol. The Hall–Kier alpha value is -5.98. The summed E-state index contributed by atoms with van der Waals surface area (Å²) in [5.41, 5.74) is 16.2. The van der Waals surface area contributed by atoms with Gasteiger partial charge in [-0.3, -0.25) is 15.1 Å². The third kappa shape index (κ3) is 8.07. The zero-order chi connectivity index (χ0) is 41.2. The molecule has 0 amide bonds. The summed E-state index contributed by atoms with van der Waals surface area (Å²) in [5, 5.41) is 23.9. The Morgan fingerprint density at radius 1 is 0.707 bits per heavy atom. The van der Waals surface area contributed by atoms with E-state index in [1.54, 1.807) is 6.21 Å². The van der Waals surface area contributed by atoms with Gasteiger partial charge in [0.25, 0.3) is 5.70 Å². The molecule has 0 saturated carbocycles. The third-order valence-corrected chi connectivity index (χ3v) is 11.6. The van der Waals surface area contributed by atoms with Crippen LogP contribution in [-0.2, 0) is 17.9 Å². The molecule has 294 valence electrons. The van der Waals surface area contributed by atoms with Crippen molar-refractivity contribution in [2.75, 3.05) is 22.9 Å². The monoisotopic (exact) mass is 854 g/mol. The number of allylic oxidation sites excluding steroid dienone is 5. The topological polar surface area (TPSA) is 82.2 Å². The van der Waals surface area contributed by atoms with Crippen LogP contribution in [-0.4, -0.2) is 33.4 Å². The first-order valence-corrected chi connectivity index (χ1v) is 20.4. The number of aryl methyl sites for hydroxylation is 7. The van der Waals surface area contributed by atoms with Crippen molar-refractivity contribution in [3.8, 4) is 0 Å². The molecular weight excluding hydrogens is 806 g/mol. The molecule has 1 heterocycles. The van der Waals surface area contributed by atoms with Gasteiger partial charge < -0.3 is 14.9 Å². The Morgan fingerprint density at radius 2 is 1.22 bits per heavy atom. The number of aliphatic imine (C=N–C) groups is 1. The van der Waals surface area contributed by atoms with Crippen molar-refractivity contribution in [1.29, 1.82) is 0 Å². The van der Waals surface area contributed by atoms with Gasteiger partial charge in [-0.15, -0.1) is 0 Å². The summed E-state index contributed by atoms with van der Waals surface area (Å²) in [6.07, 6.45) is 6.71. The van der Waals surface area contributed by atoms with Crippen LogP contribution in [0, 0.1) is 64.5 Å². The fraction of sp³-hybridized carbons (Fsp3) is 0.200. The molecule has 7 nitrogen and oxygen atoms in total. The Kier molecular flexibility index (Phi) is 11.7. The Balaban J connectivity index is 0.000000264. The van der Waals surface area contributed by atoms with Gasteiger partial charge in [0.1, 0.15) is 11.6 Å². The summed E-state index contributed by atoms with van der Waals surface area (Å²) in [5.74, 6) is -0.101. The molecule has 2 aliphatic carbocycles. The molecule has 1 saturated heterocycles. The van der Waals surface area contributed by atoms with Gasteiger partial charge in [-0.25, -0.2) is 0 Å². The summed E-state index contributed by atoms with van der Waals surface area (Å²) < 4.78 is 1.29.